The van der Waals surface area contributed by atoms with E-state index in [1.54, 1.807) is 12.1 Å². The third-order valence-corrected chi connectivity index (χ3v) is 4.06. The summed E-state index contributed by atoms with van der Waals surface area (Å²) in [6, 6.07) is 6.08. The number of aliphatic hydroxyl groups is 1. The van der Waals surface area contributed by atoms with Crippen LogP contribution in [0.25, 0.3) is 0 Å². The predicted molar refractivity (Wildman–Crippen MR) is 99.2 cm³/mol. The molecule has 0 bridgehead atoms. The summed E-state index contributed by atoms with van der Waals surface area (Å²) >= 11 is 0. The second kappa shape index (κ2) is 8.45. The second-order valence-corrected chi connectivity index (χ2v) is 7.06. The topological polar surface area (TPSA) is 53.3 Å². The number of rotatable bonds is 8. The van der Waals surface area contributed by atoms with E-state index in [1.807, 2.05) is 25.7 Å². The van der Waals surface area contributed by atoms with Crippen molar-refractivity contribution in [3.8, 4) is 0 Å². The minimum Gasteiger partial charge on any atom is -0.387 e. The molecule has 2 aromatic rings. The number of nitrogens with zero attached hydrogens (tertiary/aromatic N) is 3. The Morgan fingerprint density at radius 3 is 2.64 bits per heavy atom. The largest absolute Gasteiger partial charge is 0.387 e. The molecule has 25 heavy (non-hydrogen) atoms. The molecule has 1 heterocycles. The van der Waals surface area contributed by atoms with Gasteiger partial charge in [-0.1, -0.05) is 26.0 Å². The highest BCUT2D eigenvalue weighted by Gasteiger charge is 2.18. The molecular formula is C19H29FN4O. The molecular weight excluding hydrogens is 319 g/mol. The number of benzene rings is 1. The molecule has 0 aliphatic carbocycles. The van der Waals surface area contributed by atoms with Crippen molar-refractivity contribution in [2.75, 3.05) is 25.5 Å². The van der Waals surface area contributed by atoms with Gasteiger partial charge in [-0.15, -0.1) is 0 Å². The zero-order chi connectivity index (χ0) is 18.6. The van der Waals surface area contributed by atoms with Crippen LogP contribution in [-0.4, -0.2) is 35.5 Å². The number of anilines is 1. The average Bonchev–Trinajstić information content (AvgIpc) is 2.82. The highest BCUT2D eigenvalue weighted by molar-refractivity contribution is 5.49. The molecule has 0 fully saturated rings. The highest BCUT2D eigenvalue weighted by Crippen LogP contribution is 2.23. The van der Waals surface area contributed by atoms with Crippen molar-refractivity contribution in [2.45, 2.75) is 40.0 Å². The summed E-state index contributed by atoms with van der Waals surface area (Å²) < 4.78 is 15.3. The summed E-state index contributed by atoms with van der Waals surface area (Å²) in [4.78, 5) is 2.07. The van der Waals surface area contributed by atoms with E-state index < -0.39 is 6.10 Å². The maximum atomic E-state index is 13.3. The molecule has 1 aromatic heterocycles. The summed E-state index contributed by atoms with van der Waals surface area (Å²) in [6.07, 6.45) is -0.746. The minimum atomic E-state index is -0.746. The molecule has 0 amide bonds. The molecule has 0 radical (unpaired) electrons. The van der Waals surface area contributed by atoms with E-state index in [0.717, 1.165) is 23.6 Å². The number of aromatic nitrogens is 2. The van der Waals surface area contributed by atoms with Gasteiger partial charge in [-0.3, -0.25) is 0 Å². The molecule has 1 unspecified atom stereocenters. The van der Waals surface area contributed by atoms with Gasteiger partial charge in [0.05, 0.1) is 11.8 Å². The van der Waals surface area contributed by atoms with E-state index in [9.17, 15) is 9.50 Å². The van der Waals surface area contributed by atoms with Gasteiger partial charge in [-0.25, -0.2) is 9.07 Å². The summed E-state index contributed by atoms with van der Waals surface area (Å²) in [7, 11) is 4.02. The van der Waals surface area contributed by atoms with E-state index >= 15 is 0 Å². The standard InChI is InChI=1S/C19H29FN4O/c1-13(2)12-24-19(23(4)5)17(14(3)22-24)10-21-11-18(25)15-7-6-8-16(20)9-15/h6-9,13,18,21,25H,10-12H2,1-5H3. The fourth-order valence-corrected chi connectivity index (χ4v) is 2.95. The number of aliphatic hydroxyl groups excluding tert-OH is 1. The molecule has 0 spiro atoms. The van der Waals surface area contributed by atoms with E-state index in [4.69, 9.17) is 0 Å². The Balaban J connectivity index is 2.06. The fourth-order valence-electron chi connectivity index (χ4n) is 2.95. The van der Waals surface area contributed by atoms with Gasteiger partial charge in [0.1, 0.15) is 11.6 Å². The van der Waals surface area contributed by atoms with Gasteiger partial charge in [-0.05, 0) is 30.5 Å². The van der Waals surface area contributed by atoms with Crippen LogP contribution in [0.4, 0.5) is 10.2 Å². The third-order valence-electron chi connectivity index (χ3n) is 4.06. The average molecular weight is 348 g/mol. The Labute approximate surface area is 149 Å². The van der Waals surface area contributed by atoms with Crippen LogP contribution in [0.5, 0.6) is 0 Å². The number of hydrogen-bond donors (Lipinski definition) is 2. The smallest absolute Gasteiger partial charge is 0.131 e. The van der Waals surface area contributed by atoms with Gasteiger partial charge in [0, 0.05) is 39.3 Å². The molecule has 0 aliphatic heterocycles. The van der Waals surface area contributed by atoms with Gasteiger partial charge in [-0.2, -0.15) is 5.10 Å². The zero-order valence-corrected chi connectivity index (χ0v) is 15.8. The number of halogens is 1. The van der Waals surface area contributed by atoms with Crippen molar-refractivity contribution < 1.29 is 9.50 Å². The monoisotopic (exact) mass is 348 g/mol. The lowest BCUT2D eigenvalue weighted by Crippen LogP contribution is -2.23. The first kappa shape index (κ1) is 19.4. The number of hydrogen-bond acceptors (Lipinski definition) is 4. The SMILES string of the molecule is Cc1nn(CC(C)C)c(N(C)C)c1CNCC(O)c1cccc(F)c1. The molecule has 0 saturated heterocycles. The van der Waals surface area contributed by atoms with Gasteiger partial charge in [0.2, 0.25) is 0 Å². The first-order chi connectivity index (χ1) is 11.8. The molecule has 1 atom stereocenters. The summed E-state index contributed by atoms with van der Waals surface area (Å²) in [5.41, 5.74) is 2.68. The van der Waals surface area contributed by atoms with Gasteiger partial charge in [0.15, 0.2) is 0 Å². The van der Waals surface area contributed by atoms with Crippen molar-refractivity contribution in [2.24, 2.45) is 5.92 Å². The first-order valence-electron chi connectivity index (χ1n) is 8.67. The number of nitrogens with one attached hydrogen (secondary N) is 1. The van der Waals surface area contributed by atoms with Crippen LogP contribution in [0.1, 0.15) is 36.8 Å². The first-order valence-corrected chi connectivity index (χ1v) is 8.67. The van der Waals surface area contributed by atoms with Crippen molar-refractivity contribution in [1.29, 1.82) is 0 Å². The lowest BCUT2D eigenvalue weighted by Gasteiger charge is -2.19. The van der Waals surface area contributed by atoms with Crippen LogP contribution in [0.15, 0.2) is 24.3 Å². The van der Waals surface area contributed by atoms with E-state index in [2.05, 4.69) is 29.2 Å². The summed E-state index contributed by atoms with van der Waals surface area (Å²) in [5, 5.41) is 18.2. The minimum absolute atomic E-state index is 0.336. The lowest BCUT2D eigenvalue weighted by atomic mass is 10.1. The Hall–Kier alpha value is -1.92. The predicted octanol–water partition coefficient (Wildman–Crippen LogP) is 2.88. The van der Waals surface area contributed by atoms with Crippen molar-refractivity contribution in [3.63, 3.8) is 0 Å². The van der Waals surface area contributed by atoms with E-state index in [0.29, 0.717) is 24.6 Å². The second-order valence-electron chi connectivity index (χ2n) is 7.06. The number of aryl methyl sites for hydroxylation is 1. The third kappa shape index (κ3) is 5.03. The normalized spacial score (nSPS) is 12.6. The molecule has 0 aliphatic rings. The highest BCUT2D eigenvalue weighted by atomic mass is 19.1. The Bertz CT molecular complexity index is 697. The molecule has 0 saturated carbocycles. The quantitative estimate of drug-likeness (QED) is 0.770. The van der Waals surface area contributed by atoms with Crippen LogP contribution < -0.4 is 10.2 Å². The molecule has 1 aromatic carbocycles. The maximum Gasteiger partial charge on any atom is 0.131 e. The van der Waals surface area contributed by atoms with Crippen molar-refractivity contribution in [1.82, 2.24) is 15.1 Å². The maximum absolute atomic E-state index is 13.3. The molecule has 138 valence electrons. The fraction of sp³-hybridized carbons (Fsp3) is 0.526. The molecule has 2 N–H and O–H groups in total. The summed E-state index contributed by atoms with van der Waals surface area (Å²) in [6.45, 7) is 8.16. The Morgan fingerprint density at radius 1 is 1.32 bits per heavy atom. The molecule has 5 nitrogen and oxygen atoms in total. The van der Waals surface area contributed by atoms with Crippen LogP contribution in [-0.2, 0) is 13.1 Å². The van der Waals surface area contributed by atoms with Crippen molar-refractivity contribution in [3.05, 3.63) is 46.9 Å². The van der Waals surface area contributed by atoms with Crippen LogP contribution in [0.3, 0.4) is 0 Å². The van der Waals surface area contributed by atoms with E-state index in [1.165, 1.54) is 12.1 Å². The molecule has 6 heteroatoms. The summed E-state index contributed by atoms with van der Waals surface area (Å²) in [5.74, 6) is 1.25. The zero-order valence-electron chi connectivity index (χ0n) is 15.8. The van der Waals surface area contributed by atoms with Crippen molar-refractivity contribution >= 4 is 5.82 Å². The van der Waals surface area contributed by atoms with Crippen LogP contribution >= 0.6 is 0 Å². The van der Waals surface area contributed by atoms with Crippen LogP contribution in [0, 0.1) is 18.7 Å². The lowest BCUT2D eigenvalue weighted by molar-refractivity contribution is 0.174. The Morgan fingerprint density at radius 2 is 2.04 bits per heavy atom. The Kier molecular flexibility index (Phi) is 6.56. The van der Waals surface area contributed by atoms with Gasteiger partial charge >= 0.3 is 0 Å². The van der Waals surface area contributed by atoms with Gasteiger partial charge in [0.25, 0.3) is 0 Å². The van der Waals surface area contributed by atoms with E-state index in [-0.39, 0.29) is 5.82 Å². The van der Waals surface area contributed by atoms with Crippen LogP contribution in [0.2, 0.25) is 0 Å². The molecule has 2 rings (SSSR count). The van der Waals surface area contributed by atoms with Gasteiger partial charge < -0.3 is 15.3 Å².